The molecular formula is C8H7Cl2NOS. The number of hydrogen-bond acceptors (Lipinski definition) is 2. The molecule has 0 bridgehead atoms. The van der Waals surface area contributed by atoms with Crippen LogP contribution in [0.1, 0.15) is 11.7 Å². The van der Waals surface area contributed by atoms with E-state index in [0.717, 1.165) is 0 Å². The van der Waals surface area contributed by atoms with Crippen LogP contribution in [-0.4, -0.2) is 10.1 Å². The van der Waals surface area contributed by atoms with Gasteiger partial charge in [0, 0.05) is 0 Å². The second-order valence-electron chi connectivity index (χ2n) is 2.48. The Balaban J connectivity index is 3.03. The van der Waals surface area contributed by atoms with Gasteiger partial charge in [-0.3, -0.25) is 0 Å². The van der Waals surface area contributed by atoms with E-state index in [0.29, 0.717) is 15.6 Å². The molecule has 2 nitrogen and oxygen atoms in total. The number of thiocarbonyl (C=S) groups is 1. The van der Waals surface area contributed by atoms with Gasteiger partial charge in [-0.05, 0) is 17.7 Å². The third kappa shape index (κ3) is 2.54. The lowest BCUT2D eigenvalue weighted by atomic mass is 10.1. The summed E-state index contributed by atoms with van der Waals surface area (Å²) < 4.78 is 0. The van der Waals surface area contributed by atoms with Crippen LogP contribution in [0.4, 0.5) is 0 Å². The largest absolute Gasteiger partial charge is 0.391 e. The molecule has 0 radical (unpaired) electrons. The van der Waals surface area contributed by atoms with Crippen LogP contribution in [0, 0.1) is 0 Å². The fraction of sp³-hybridized carbons (Fsp3) is 0.125. The van der Waals surface area contributed by atoms with E-state index < -0.39 is 6.10 Å². The molecule has 1 aromatic carbocycles. The minimum atomic E-state index is -0.968. The van der Waals surface area contributed by atoms with Crippen LogP contribution in [-0.2, 0) is 0 Å². The van der Waals surface area contributed by atoms with Crippen LogP contribution in [0.2, 0.25) is 10.0 Å². The first-order valence-electron chi connectivity index (χ1n) is 3.44. The summed E-state index contributed by atoms with van der Waals surface area (Å²) in [5.74, 6) is 0. The van der Waals surface area contributed by atoms with E-state index in [2.05, 4.69) is 12.2 Å². The molecule has 0 aliphatic carbocycles. The molecule has 0 saturated carbocycles. The van der Waals surface area contributed by atoms with Gasteiger partial charge in [0.1, 0.15) is 11.1 Å². The Hall–Kier alpha value is -0.350. The number of aliphatic hydroxyl groups is 1. The van der Waals surface area contributed by atoms with Crippen LogP contribution >= 0.6 is 35.4 Å². The van der Waals surface area contributed by atoms with Gasteiger partial charge in [0.15, 0.2) is 0 Å². The summed E-state index contributed by atoms with van der Waals surface area (Å²) in [5.41, 5.74) is 5.80. The second kappa shape index (κ2) is 4.24. The van der Waals surface area contributed by atoms with Gasteiger partial charge < -0.3 is 10.8 Å². The van der Waals surface area contributed by atoms with Crippen molar-refractivity contribution in [1.29, 1.82) is 0 Å². The Kier molecular flexibility index (Phi) is 3.50. The Morgan fingerprint density at radius 3 is 2.46 bits per heavy atom. The predicted molar refractivity (Wildman–Crippen MR) is 58.2 cm³/mol. The van der Waals surface area contributed by atoms with Crippen molar-refractivity contribution in [3.8, 4) is 0 Å². The van der Waals surface area contributed by atoms with Crippen molar-refractivity contribution in [3.05, 3.63) is 33.8 Å². The van der Waals surface area contributed by atoms with Crippen molar-refractivity contribution in [2.75, 3.05) is 0 Å². The summed E-state index contributed by atoms with van der Waals surface area (Å²) in [6, 6.07) is 4.74. The number of halogens is 2. The van der Waals surface area contributed by atoms with Crippen LogP contribution in [0.3, 0.4) is 0 Å². The molecule has 13 heavy (non-hydrogen) atoms. The topological polar surface area (TPSA) is 46.2 Å². The Labute approximate surface area is 91.3 Å². The standard InChI is InChI=1S/C8H7Cl2NOS/c9-5-2-1-4(3-6(5)10)7(12)8(11)13/h1-3,7,12H,(H2,11,13). The SMILES string of the molecule is NC(=S)C(O)c1ccc(Cl)c(Cl)c1. The fourth-order valence-corrected chi connectivity index (χ4v) is 1.29. The molecule has 0 heterocycles. The minimum absolute atomic E-state index is 0.0124. The lowest BCUT2D eigenvalue weighted by Crippen LogP contribution is -2.18. The molecule has 70 valence electrons. The molecule has 0 saturated heterocycles. The molecule has 0 aliphatic heterocycles. The maximum absolute atomic E-state index is 9.45. The van der Waals surface area contributed by atoms with Crippen molar-refractivity contribution < 1.29 is 5.11 Å². The van der Waals surface area contributed by atoms with Crippen LogP contribution in [0.25, 0.3) is 0 Å². The van der Waals surface area contributed by atoms with Gasteiger partial charge >= 0.3 is 0 Å². The zero-order valence-electron chi connectivity index (χ0n) is 6.50. The van der Waals surface area contributed by atoms with Crippen LogP contribution in [0.15, 0.2) is 18.2 Å². The summed E-state index contributed by atoms with van der Waals surface area (Å²) in [7, 11) is 0. The summed E-state index contributed by atoms with van der Waals surface area (Å²) >= 11 is 16.1. The zero-order chi connectivity index (χ0) is 10.0. The lowest BCUT2D eigenvalue weighted by molar-refractivity contribution is 0.249. The third-order valence-electron chi connectivity index (χ3n) is 1.53. The van der Waals surface area contributed by atoms with Crippen molar-refractivity contribution in [2.24, 2.45) is 5.73 Å². The third-order valence-corrected chi connectivity index (χ3v) is 2.49. The molecule has 0 spiro atoms. The normalized spacial score (nSPS) is 12.5. The number of aliphatic hydroxyl groups excluding tert-OH is 1. The van der Waals surface area contributed by atoms with Crippen molar-refractivity contribution in [2.45, 2.75) is 6.10 Å². The average molecular weight is 236 g/mol. The lowest BCUT2D eigenvalue weighted by Gasteiger charge is -2.09. The van der Waals surface area contributed by atoms with Crippen molar-refractivity contribution >= 4 is 40.4 Å². The van der Waals surface area contributed by atoms with Crippen LogP contribution in [0.5, 0.6) is 0 Å². The second-order valence-corrected chi connectivity index (χ2v) is 3.76. The highest BCUT2D eigenvalue weighted by Crippen LogP contribution is 2.25. The molecule has 3 N–H and O–H groups in total. The molecule has 1 unspecified atom stereocenters. The highest BCUT2D eigenvalue weighted by atomic mass is 35.5. The van der Waals surface area contributed by atoms with Gasteiger partial charge in [0.2, 0.25) is 0 Å². The van der Waals surface area contributed by atoms with Gasteiger partial charge in [0.25, 0.3) is 0 Å². The summed E-state index contributed by atoms with van der Waals surface area (Å²) in [6.07, 6.45) is -0.968. The molecule has 0 aromatic heterocycles. The number of hydrogen-bond donors (Lipinski definition) is 2. The number of benzene rings is 1. The molecule has 1 aromatic rings. The van der Waals surface area contributed by atoms with E-state index in [4.69, 9.17) is 28.9 Å². The highest BCUT2D eigenvalue weighted by molar-refractivity contribution is 7.80. The van der Waals surface area contributed by atoms with Gasteiger partial charge in [-0.25, -0.2) is 0 Å². The Bertz CT molecular complexity index is 343. The van der Waals surface area contributed by atoms with E-state index in [1.165, 1.54) is 6.07 Å². The fourth-order valence-electron chi connectivity index (χ4n) is 0.847. The first-order chi connectivity index (χ1) is 6.02. The van der Waals surface area contributed by atoms with Gasteiger partial charge in [-0.15, -0.1) is 0 Å². The molecular weight excluding hydrogens is 229 g/mol. The number of nitrogens with two attached hydrogens (primary N) is 1. The molecule has 5 heteroatoms. The van der Waals surface area contributed by atoms with E-state index in [-0.39, 0.29) is 4.99 Å². The van der Waals surface area contributed by atoms with Gasteiger partial charge in [-0.2, -0.15) is 0 Å². The average Bonchev–Trinajstić information content (AvgIpc) is 2.08. The minimum Gasteiger partial charge on any atom is -0.391 e. The molecule has 1 rings (SSSR count). The van der Waals surface area contributed by atoms with Crippen molar-refractivity contribution in [1.82, 2.24) is 0 Å². The Morgan fingerprint density at radius 2 is 2.00 bits per heavy atom. The van der Waals surface area contributed by atoms with Crippen molar-refractivity contribution in [3.63, 3.8) is 0 Å². The van der Waals surface area contributed by atoms with E-state index in [1.54, 1.807) is 12.1 Å². The van der Waals surface area contributed by atoms with Gasteiger partial charge in [0.05, 0.1) is 10.0 Å². The number of rotatable bonds is 2. The quantitative estimate of drug-likeness (QED) is 0.774. The predicted octanol–water partition coefficient (Wildman–Crippen LogP) is 2.31. The molecule has 1 atom stereocenters. The molecule has 0 fully saturated rings. The van der Waals surface area contributed by atoms with E-state index >= 15 is 0 Å². The zero-order valence-corrected chi connectivity index (χ0v) is 8.83. The maximum Gasteiger partial charge on any atom is 0.129 e. The summed E-state index contributed by atoms with van der Waals surface area (Å²) in [6.45, 7) is 0. The first kappa shape index (κ1) is 10.7. The van der Waals surface area contributed by atoms with Gasteiger partial charge in [-0.1, -0.05) is 41.5 Å². The monoisotopic (exact) mass is 235 g/mol. The summed E-state index contributed by atoms with van der Waals surface area (Å²) in [4.78, 5) is 0.0124. The van der Waals surface area contributed by atoms with E-state index in [9.17, 15) is 5.11 Å². The maximum atomic E-state index is 9.45. The highest BCUT2D eigenvalue weighted by Gasteiger charge is 2.11. The summed E-state index contributed by atoms with van der Waals surface area (Å²) in [5, 5.41) is 10.2. The molecule has 0 aliphatic rings. The first-order valence-corrected chi connectivity index (χ1v) is 4.61. The Morgan fingerprint density at radius 1 is 1.38 bits per heavy atom. The van der Waals surface area contributed by atoms with Crippen LogP contribution < -0.4 is 5.73 Å². The van der Waals surface area contributed by atoms with E-state index in [1.807, 2.05) is 0 Å². The smallest absolute Gasteiger partial charge is 0.129 e. The molecule has 0 amide bonds.